The molecule has 0 bridgehead atoms. The minimum absolute atomic E-state index is 0.708. The van der Waals surface area contributed by atoms with Crippen LogP contribution in [0, 0.1) is 13.8 Å². The number of aryl methyl sites for hydroxylation is 2. The van der Waals surface area contributed by atoms with Gasteiger partial charge in [-0.3, -0.25) is 0 Å². The van der Waals surface area contributed by atoms with Gasteiger partial charge in [-0.15, -0.1) is 0 Å². The number of methoxy groups -OCH3 is 1. The Balaban J connectivity index is 2.41. The van der Waals surface area contributed by atoms with Crippen molar-refractivity contribution >= 4 is 0 Å². The average molecular weight is 249 g/mol. The first-order valence-electron chi connectivity index (χ1n) is 6.53. The summed E-state index contributed by atoms with van der Waals surface area (Å²) in [7, 11) is 3.75. The van der Waals surface area contributed by atoms with Crippen molar-refractivity contribution in [1.29, 1.82) is 0 Å². The second-order valence-corrected chi connectivity index (χ2v) is 5.51. The number of hydrogen-bond donors (Lipinski definition) is 1. The minimum Gasteiger partial charge on any atom is -0.496 e. The molecule has 1 aliphatic rings. The zero-order chi connectivity index (χ0) is 13.3. The molecule has 1 aromatic rings. The van der Waals surface area contributed by atoms with Crippen molar-refractivity contribution in [1.82, 2.24) is 4.90 Å². The van der Waals surface area contributed by atoms with Crippen LogP contribution in [0.5, 0.6) is 5.75 Å². The van der Waals surface area contributed by atoms with Crippen LogP contribution in [-0.2, 0) is 5.60 Å². The Hall–Kier alpha value is -1.06. The van der Waals surface area contributed by atoms with Crippen LogP contribution in [0.3, 0.4) is 0 Å². The first-order chi connectivity index (χ1) is 8.46. The Morgan fingerprint density at radius 2 is 2.00 bits per heavy atom. The molecule has 1 atom stereocenters. The molecular weight excluding hydrogens is 226 g/mol. The fraction of sp³-hybridized carbons (Fsp3) is 0.600. The molecule has 18 heavy (non-hydrogen) atoms. The molecule has 1 heterocycles. The Bertz CT molecular complexity index is 444. The van der Waals surface area contributed by atoms with Gasteiger partial charge in [0.15, 0.2) is 0 Å². The number of nitrogens with zero attached hydrogens (tertiary/aromatic N) is 1. The Morgan fingerprint density at radius 1 is 1.28 bits per heavy atom. The Kier molecular flexibility index (Phi) is 3.64. The van der Waals surface area contributed by atoms with E-state index in [0.29, 0.717) is 6.54 Å². The largest absolute Gasteiger partial charge is 0.496 e. The highest BCUT2D eigenvalue weighted by atomic mass is 16.5. The molecule has 0 aliphatic carbocycles. The van der Waals surface area contributed by atoms with Crippen LogP contribution in [-0.4, -0.2) is 37.3 Å². The van der Waals surface area contributed by atoms with Crippen molar-refractivity contribution in [3.05, 3.63) is 28.8 Å². The summed E-state index contributed by atoms with van der Waals surface area (Å²) in [6.07, 6.45) is 1.88. The van der Waals surface area contributed by atoms with Crippen LogP contribution in [0.4, 0.5) is 0 Å². The van der Waals surface area contributed by atoms with Gasteiger partial charge in [-0.1, -0.05) is 0 Å². The van der Waals surface area contributed by atoms with Gasteiger partial charge in [0.2, 0.25) is 0 Å². The lowest BCUT2D eigenvalue weighted by Crippen LogP contribution is -2.44. The third-order valence-electron chi connectivity index (χ3n) is 3.90. The number of likely N-dealkylation sites (tertiary alicyclic amines) is 1. The highest BCUT2D eigenvalue weighted by Crippen LogP contribution is 2.35. The van der Waals surface area contributed by atoms with E-state index in [-0.39, 0.29) is 0 Å². The highest BCUT2D eigenvalue weighted by Gasteiger charge is 2.35. The molecule has 3 nitrogen and oxygen atoms in total. The summed E-state index contributed by atoms with van der Waals surface area (Å²) in [5.74, 6) is 0.893. The summed E-state index contributed by atoms with van der Waals surface area (Å²) in [4.78, 5) is 2.20. The van der Waals surface area contributed by atoms with E-state index >= 15 is 0 Å². The predicted octanol–water partition coefficient (Wildman–Crippen LogP) is 2.23. The predicted molar refractivity (Wildman–Crippen MR) is 73.1 cm³/mol. The maximum absolute atomic E-state index is 10.9. The maximum Gasteiger partial charge on any atom is 0.122 e. The zero-order valence-electron chi connectivity index (χ0n) is 11.8. The van der Waals surface area contributed by atoms with E-state index < -0.39 is 5.60 Å². The number of aliphatic hydroxyl groups is 1. The van der Waals surface area contributed by atoms with Crippen LogP contribution in [0.15, 0.2) is 12.1 Å². The summed E-state index contributed by atoms with van der Waals surface area (Å²) in [5, 5.41) is 10.9. The molecular formula is C15H23NO2. The van der Waals surface area contributed by atoms with Crippen LogP contribution < -0.4 is 4.74 Å². The summed E-state index contributed by atoms with van der Waals surface area (Å²) < 4.78 is 5.33. The number of ether oxygens (including phenoxy) is 1. The van der Waals surface area contributed by atoms with E-state index in [0.717, 1.165) is 41.8 Å². The maximum atomic E-state index is 10.9. The standard InChI is InChI=1S/C15H23NO2/c1-11-9-14(18-4)12(2)8-13(11)15(17)6-5-7-16(3)10-15/h8-9,17H,5-7,10H2,1-4H3. The number of likely N-dealkylation sites (N-methyl/N-ethyl adjacent to an activating group) is 1. The van der Waals surface area contributed by atoms with E-state index in [4.69, 9.17) is 4.74 Å². The molecule has 1 saturated heterocycles. The average Bonchev–Trinajstić information content (AvgIpc) is 2.31. The molecule has 0 saturated carbocycles. The third-order valence-corrected chi connectivity index (χ3v) is 3.90. The highest BCUT2D eigenvalue weighted by molar-refractivity contribution is 5.44. The van der Waals surface area contributed by atoms with E-state index in [9.17, 15) is 5.11 Å². The SMILES string of the molecule is COc1cc(C)c(C2(O)CCCN(C)C2)cc1C. The van der Waals surface area contributed by atoms with Gasteiger partial charge in [0.25, 0.3) is 0 Å². The molecule has 1 unspecified atom stereocenters. The molecule has 3 heteroatoms. The summed E-state index contributed by atoms with van der Waals surface area (Å²) in [5.41, 5.74) is 2.52. The van der Waals surface area contributed by atoms with E-state index in [1.165, 1.54) is 0 Å². The van der Waals surface area contributed by atoms with Gasteiger partial charge < -0.3 is 14.7 Å². The van der Waals surface area contributed by atoms with E-state index in [1.54, 1.807) is 7.11 Å². The zero-order valence-corrected chi connectivity index (χ0v) is 11.8. The molecule has 0 aromatic heterocycles. The molecule has 1 fully saturated rings. The normalized spacial score (nSPS) is 25.2. The third kappa shape index (κ3) is 2.38. The molecule has 0 spiro atoms. The van der Waals surface area contributed by atoms with Gasteiger partial charge in [0.05, 0.1) is 7.11 Å². The van der Waals surface area contributed by atoms with Crippen molar-refractivity contribution in [2.45, 2.75) is 32.3 Å². The lowest BCUT2D eigenvalue weighted by Gasteiger charge is -2.38. The van der Waals surface area contributed by atoms with Gasteiger partial charge in [-0.25, -0.2) is 0 Å². The number of hydrogen-bond acceptors (Lipinski definition) is 3. The smallest absolute Gasteiger partial charge is 0.122 e. The van der Waals surface area contributed by atoms with Crippen LogP contribution in [0.2, 0.25) is 0 Å². The van der Waals surface area contributed by atoms with Crippen molar-refractivity contribution < 1.29 is 9.84 Å². The first-order valence-corrected chi connectivity index (χ1v) is 6.53. The van der Waals surface area contributed by atoms with Crippen LogP contribution in [0.1, 0.15) is 29.5 Å². The lowest BCUT2D eigenvalue weighted by molar-refractivity contribution is -0.0283. The monoisotopic (exact) mass is 249 g/mol. The van der Waals surface area contributed by atoms with Crippen molar-refractivity contribution in [2.24, 2.45) is 0 Å². The van der Waals surface area contributed by atoms with Gasteiger partial charge >= 0.3 is 0 Å². The fourth-order valence-electron chi connectivity index (χ4n) is 2.98. The Morgan fingerprint density at radius 3 is 2.61 bits per heavy atom. The molecule has 1 aliphatic heterocycles. The molecule has 0 radical (unpaired) electrons. The lowest BCUT2D eigenvalue weighted by atomic mass is 9.82. The van der Waals surface area contributed by atoms with Gasteiger partial charge in [-0.2, -0.15) is 0 Å². The molecule has 2 rings (SSSR count). The van der Waals surface area contributed by atoms with E-state index in [2.05, 4.69) is 18.0 Å². The second-order valence-electron chi connectivity index (χ2n) is 5.51. The van der Waals surface area contributed by atoms with Crippen LogP contribution >= 0.6 is 0 Å². The topological polar surface area (TPSA) is 32.7 Å². The summed E-state index contributed by atoms with van der Waals surface area (Å²) in [6, 6.07) is 4.10. The first kappa shape index (κ1) is 13.4. The number of rotatable bonds is 2. The van der Waals surface area contributed by atoms with Gasteiger partial charge in [0.1, 0.15) is 11.4 Å². The molecule has 1 aromatic carbocycles. The number of piperidine rings is 1. The van der Waals surface area contributed by atoms with Crippen molar-refractivity contribution in [2.75, 3.05) is 27.2 Å². The van der Waals surface area contributed by atoms with E-state index in [1.807, 2.05) is 19.9 Å². The Labute approximate surface area is 109 Å². The van der Waals surface area contributed by atoms with Gasteiger partial charge in [-0.05, 0) is 69.1 Å². The number of benzene rings is 1. The second kappa shape index (κ2) is 4.90. The summed E-state index contributed by atoms with van der Waals surface area (Å²) >= 11 is 0. The quantitative estimate of drug-likeness (QED) is 0.872. The number of β-amino-alcohol motifs (C(OH)–C–C–N with tert-alkyl or cyclic N) is 1. The fourth-order valence-corrected chi connectivity index (χ4v) is 2.98. The summed E-state index contributed by atoms with van der Waals surface area (Å²) in [6.45, 7) is 5.84. The van der Waals surface area contributed by atoms with Crippen molar-refractivity contribution in [3.8, 4) is 5.75 Å². The van der Waals surface area contributed by atoms with Crippen molar-refractivity contribution in [3.63, 3.8) is 0 Å². The molecule has 100 valence electrons. The molecule has 0 amide bonds. The van der Waals surface area contributed by atoms with Crippen LogP contribution in [0.25, 0.3) is 0 Å². The molecule has 1 N–H and O–H groups in total. The minimum atomic E-state index is -0.714. The van der Waals surface area contributed by atoms with Gasteiger partial charge in [0, 0.05) is 6.54 Å².